The minimum atomic E-state index is -1.45. The van der Waals surface area contributed by atoms with Crippen molar-refractivity contribution in [3.05, 3.63) is 93.2 Å². The topological polar surface area (TPSA) is 100 Å². The van der Waals surface area contributed by atoms with E-state index in [1.165, 1.54) is 20.0 Å². The largest absolute Gasteiger partial charge is 0.491 e. The van der Waals surface area contributed by atoms with Gasteiger partial charge in [0.2, 0.25) is 5.91 Å². The van der Waals surface area contributed by atoms with Crippen LogP contribution in [0.25, 0.3) is 0 Å². The zero-order chi connectivity index (χ0) is 27.9. The summed E-state index contributed by atoms with van der Waals surface area (Å²) in [7, 11) is 0. The summed E-state index contributed by atoms with van der Waals surface area (Å²) in [6.45, 7) is 3.75. The number of aliphatic hydroxyl groups excluding tert-OH is 1. The van der Waals surface area contributed by atoms with Gasteiger partial charge in [-0.1, -0.05) is 41.4 Å². The Morgan fingerprint density at radius 3 is 2.44 bits per heavy atom. The second kappa shape index (κ2) is 10.6. The van der Waals surface area contributed by atoms with Crippen molar-refractivity contribution in [2.75, 3.05) is 13.2 Å². The van der Waals surface area contributed by atoms with Gasteiger partial charge in [-0.05, 0) is 55.3 Å². The first-order valence-electron chi connectivity index (χ1n) is 12.6. The van der Waals surface area contributed by atoms with E-state index in [-0.39, 0.29) is 30.5 Å². The van der Waals surface area contributed by atoms with Gasteiger partial charge in [-0.15, -0.1) is 0 Å². The minimum Gasteiger partial charge on any atom is -0.491 e. The van der Waals surface area contributed by atoms with E-state index in [1.54, 1.807) is 59.5 Å². The van der Waals surface area contributed by atoms with Crippen molar-refractivity contribution >= 4 is 40.9 Å². The molecule has 8 nitrogen and oxygen atoms in total. The van der Waals surface area contributed by atoms with Crippen LogP contribution in [-0.4, -0.2) is 62.9 Å². The van der Waals surface area contributed by atoms with Crippen molar-refractivity contribution in [1.29, 1.82) is 0 Å². The predicted molar refractivity (Wildman–Crippen MR) is 146 cm³/mol. The zero-order valence-corrected chi connectivity index (χ0v) is 22.9. The van der Waals surface area contributed by atoms with Crippen LogP contribution in [0.4, 0.5) is 0 Å². The number of aromatic nitrogens is 1. The Hall–Kier alpha value is -3.46. The number of fused-ring (bicyclic) bond motifs is 1. The number of benzene rings is 2. The number of imide groups is 1. The van der Waals surface area contributed by atoms with Crippen molar-refractivity contribution in [3.63, 3.8) is 0 Å². The lowest BCUT2D eigenvalue weighted by atomic mass is 9.78. The average Bonchev–Trinajstić information content (AvgIpc) is 3.13. The summed E-state index contributed by atoms with van der Waals surface area (Å²) in [5.74, 6) is -0.936. The molecule has 3 heterocycles. The van der Waals surface area contributed by atoms with Crippen LogP contribution in [0.1, 0.15) is 47.4 Å². The summed E-state index contributed by atoms with van der Waals surface area (Å²) in [5, 5.41) is 11.3. The highest BCUT2D eigenvalue weighted by molar-refractivity contribution is 6.30. The van der Waals surface area contributed by atoms with E-state index in [0.717, 1.165) is 11.3 Å². The summed E-state index contributed by atoms with van der Waals surface area (Å²) in [4.78, 5) is 46.8. The molecular weight excluding hydrogens is 541 g/mol. The Morgan fingerprint density at radius 1 is 1.13 bits per heavy atom. The maximum atomic E-state index is 14.0. The molecule has 1 saturated heterocycles. The van der Waals surface area contributed by atoms with Crippen LogP contribution in [0.5, 0.6) is 5.75 Å². The number of carbonyl (C=O) groups excluding carboxylic acids is 3. The first-order chi connectivity index (χ1) is 18.6. The summed E-state index contributed by atoms with van der Waals surface area (Å²) < 4.78 is 6.31. The number of rotatable bonds is 7. The first kappa shape index (κ1) is 27.1. The van der Waals surface area contributed by atoms with Crippen LogP contribution < -0.4 is 4.74 Å². The number of pyridine rings is 1. The van der Waals surface area contributed by atoms with E-state index in [4.69, 9.17) is 27.9 Å². The summed E-state index contributed by atoms with van der Waals surface area (Å²) >= 11 is 12.3. The second-order valence-corrected chi connectivity index (χ2v) is 10.7. The van der Waals surface area contributed by atoms with E-state index < -0.39 is 23.5 Å². The van der Waals surface area contributed by atoms with E-state index in [9.17, 15) is 19.5 Å². The number of hydrogen-bond acceptors (Lipinski definition) is 6. The van der Waals surface area contributed by atoms with Crippen molar-refractivity contribution in [2.24, 2.45) is 0 Å². The molecule has 0 spiro atoms. The molecule has 2 aromatic carbocycles. The van der Waals surface area contributed by atoms with E-state index in [1.807, 2.05) is 0 Å². The lowest BCUT2D eigenvalue weighted by molar-refractivity contribution is -0.140. The molecule has 0 radical (unpaired) electrons. The standard InChI is InChI=1S/C29H27Cl2N3O5/c1-17(35)27(37)34-28(38)24-4-3-5-25(39-16-23-12-13-33(23)18(2)36)26(24)29(34,19-6-8-20(30)9-7-19)14-22-11-10-21(31)15-32-22/h3-11,15,17,23,35H,12-14,16H2,1-2H3/t17?,23?,29-/m1/s1. The lowest BCUT2D eigenvalue weighted by Gasteiger charge is -2.41. The number of amides is 3. The van der Waals surface area contributed by atoms with E-state index in [2.05, 4.69) is 4.98 Å². The number of hydrogen-bond donors (Lipinski definition) is 1. The van der Waals surface area contributed by atoms with Gasteiger partial charge in [-0.25, -0.2) is 0 Å². The molecule has 3 atom stereocenters. The first-order valence-corrected chi connectivity index (χ1v) is 13.4. The molecule has 5 rings (SSSR count). The Morgan fingerprint density at radius 2 is 1.85 bits per heavy atom. The third kappa shape index (κ3) is 4.77. The molecule has 2 aliphatic heterocycles. The predicted octanol–water partition coefficient (Wildman–Crippen LogP) is 4.24. The highest BCUT2D eigenvalue weighted by Gasteiger charge is 2.56. The Kier molecular flexibility index (Phi) is 7.37. The fraction of sp³-hybridized carbons (Fsp3) is 0.310. The van der Waals surface area contributed by atoms with Gasteiger partial charge in [-0.2, -0.15) is 0 Å². The number of carbonyl (C=O) groups is 3. The number of aliphatic hydroxyl groups is 1. The van der Waals surface area contributed by atoms with Crippen molar-refractivity contribution in [1.82, 2.24) is 14.8 Å². The molecule has 39 heavy (non-hydrogen) atoms. The van der Waals surface area contributed by atoms with Crippen molar-refractivity contribution < 1.29 is 24.2 Å². The van der Waals surface area contributed by atoms with Gasteiger partial charge in [0.1, 0.15) is 24.0 Å². The molecule has 0 saturated carbocycles. The lowest BCUT2D eigenvalue weighted by Crippen LogP contribution is -2.53. The maximum absolute atomic E-state index is 14.0. The number of halogens is 2. The molecule has 3 aromatic rings. The molecular formula is C29H27Cl2N3O5. The van der Waals surface area contributed by atoms with Gasteiger partial charge < -0.3 is 14.7 Å². The normalized spacial score (nSPS) is 20.8. The molecule has 3 amide bonds. The zero-order valence-electron chi connectivity index (χ0n) is 21.4. The highest BCUT2D eigenvalue weighted by atomic mass is 35.5. The van der Waals surface area contributed by atoms with E-state index in [0.29, 0.717) is 39.2 Å². The molecule has 202 valence electrons. The van der Waals surface area contributed by atoms with Crippen LogP contribution in [0.3, 0.4) is 0 Å². The van der Waals surface area contributed by atoms with Crippen molar-refractivity contribution in [2.45, 2.75) is 44.4 Å². The molecule has 0 aliphatic carbocycles. The number of likely N-dealkylation sites (tertiary alicyclic amines) is 1. The Bertz CT molecular complexity index is 1430. The fourth-order valence-electron chi connectivity index (χ4n) is 5.39. The highest BCUT2D eigenvalue weighted by Crippen LogP contribution is 2.51. The fourth-order valence-corrected chi connectivity index (χ4v) is 5.63. The van der Waals surface area contributed by atoms with Crippen LogP contribution in [0.2, 0.25) is 10.0 Å². The molecule has 1 aromatic heterocycles. The van der Waals surface area contributed by atoms with Gasteiger partial charge >= 0.3 is 0 Å². The smallest absolute Gasteiger partial charge is 0.262 e. The Labute approximate surface area is 236 Å². The van der Waals surface area contributed by atoms with E-state index >= 15 is 0 Å². The molecule has 10 heteroatoms. The van der Waals surface area contributed by atoms with Gasteiger partial charge in [-0.3, -0.25) is 24.3 Å². The quantitative estimate of drug-likeness (QED) is 0.458. The average molecular weight is 568 g/mol. The maximum Gasteiger partial charge on any atom is 0.262 e. The molecule has 1 N–H and O–H groups in total. The molecule has 2 unspecified atom stereocenters. The molecule has 1 fully saturated rings. The second-order valence-electron chi connectivity index (χ2n) is 9.81. The monoisotopic (exact) mass is 567 g/mol. The summed E-state index contributed by atoms with van der Waals surface area (Å²) in [6, 6.07) is 15.3. The van der Waals surface area contributed by atoms with Crippen LogP contribution >= 0.6 is 23.2 Å². The van der Waals surface area contributed by atoms with Crippen LogP contribution in [0, 0.1) is 0 Å². The summed E-state index contributed by atoms with van der Waals surface area (Å²) in [6.07, 6.45) is 0.945. The van der Waals surface area contributed by atoms with Crippen LogP contribution in [0.15, 0.2) is 60.8 Å². The Balaban J connectivity index is 1.71. The summed E-state index contributed by atoms with van der Waals surface area (Å²) in [5.41, 5.74) is 0.506. The van der Waals surface area contributed by atoms with Crippen LogP contribution in [-0.2, 0) is 21.5 Å². The number of ether oxygens (including phenoxy) is 1. The third-order valence-electron chi connectivity index (χ3n) is 7.36. The number of nitrogens with zero attached hydrogens (tertiary/aromatic N) is 3. The SMILES string of the molecule is CC(=O)N1CCC1COc1cccc2c1[C@@](Cc1ccc(Cl)cn1)(c1ccc(Cl)cc1)N(C(=O)C(C)O)C2=O. The third-order valence-corrected chi connectivity index (χ3v) is 7.84. The van der Waals surface area contributed by atoms with Gasteiger partial charge in [0.05, 0.1) is 11.1 Å². The van der Waals surface area contributed by atoms with Gasteiger partial charge in [0.15, 0.2) is 0 Å². The van der Waals surface area contributed by atoms with Gasteiger partial charge in [0.25, 0.3) is 11.8 Å². The molecule has 0 bridgehead atoms. The minimum absolute atomic E-state index is 0.0265. The molecule has 2 aliphatic rings. The van der Waals surface area contributed by atoms with Crippen molar-refractivity contribution in [3.8, 4) is 5.75 Å². The van der Waals surface area contributed by atoms with Gasteiger partial charge in [0, 0.05) is 47.9 Å².